The molecule has 2 N–H and O–H groups in total. The Bertz CT molecular complexity index is 105. The summed E-state index contributed by atoms with van der Waals surface area (Å²) in [6.07, 6.45) is 5.06. The lowest BCUT2D eigenvalue weighted by molar-refractivity contribution is 0.286. The molecule has 0 spiro atoms. The molecule has 0 aliphatic carbocycles. The average molecular weight is 189 g/mol. The van der Waals surface area contributed by atoms with Crippen molar-refractivity contribution in [2.24, 2.45) is 0 Å². The molecule has 1 aliphatic heterocycles. The second-order valence-electron chi connectivity index (χ2n) is 3.27. The van der Waals surface area contributed by atoms with E-state index in [2.05, 4.69) is 17.1 Å². The third-order valence-corrected chi connectivity index (χ3v) is 3.56. The topological polar surface area (TPSA) is 32.3 Å². The van der Waals surface area contributed by atoms with E-state index in [9.17, 15) is 0 Å². The molecule has 1 aliphatic rings. The monoisotopic (exact) mass is 189 g/mol. The highest BCUT2D eigenvalue weighted by atomic mass is 32.2. The van der Waals surface area contributed by atoms with E-state index in [0.29, 0.717) is 6.61 Å². The summed E-state index contributed by atoms with van der Waals surface area (Å²) in [7, 11) is 0. The van der Waals surface area contributed by atoms with Gasteiger partial charge >= 0.3 is 0 Å². The molecule has 1 rings (SSSR count). The lowest BCUT2D eigenvalue weighted by Gasteiger charge is -2.21. The Morgan fingerprint density at radius 2 is 2.33 bits per heavy atom. The summed E-state index contributed by atoms with van der Waals surface area (Å²) >= 11 is 2.10. The fourth-order valence-corrected chi connectivity index (χ4v) is 2.71. The number of nitrogens with one attached hydrogen (secondary N) is 1. The fourth-order valence-electron chi connectivity index (χ4n) is 1.44. The van der Waals surface area contributed by atoms with Crippen molar-refractivity contribution in [3.8, 4) is 0 Å². The minimum absolute atomic E-state index is 0.310. The Balaban J connectivity index is 1.91. The zero-order chi connectivity index (χ0) is 8.65. The molecule has 0 amide bonds. The highest BCUT2D eigenvalue weighted by molar-refractivity contribution is 7.99. The molecule has 0 aromatic rings. The number of hydrogen-bond donors (Lipinski definition) is 2. The van der Waals surface area contributed by atoms with Crippen molar-refractivity contribution < 1.29 is 5.11 Å². The van der Waals surface area contributed by atoms with Crippen LogP contribution in [0.1, 0.15) is 25.7 Å². The van der Waals surface area contributed by atoms with Crippen LogP contribution in [0.3, 0.4) is 0 Å². The van der Waals surface area contributed by atoms with Crippen LogP contribution in [0.25, 0.3) is 0 Å². The predicted octanol–water partition coefficient (Wildman–Crippen LogP) is 1.24. The van der Waals surface area contributed by atoms with Gasteiger partial charge in [-0.25, -0.2) is 0 Å². The molecule has 2 nitrogen and oxygen atoms in total. The molecule has 0 bridgehead atoms. The first kappa shape index (κ1) is 10.4. The van der Waals surface area contributed by atoms with E-state index in [4.69, 9.17) is 5.11 Å². The summed E-state index contributed by atoms with van der Waals surface area (Å²) in [5.74, 6) is 1.34. The summed E-state index contributed by atoms with van der Waals surface area (Å²) in [5, 5.41) is 12.8. The Labute approximate surface area is 79.1 Å². The molecule has 12 heavy (non-hydrogen) atoms. The van der Waals surface area contributed by atoms with Crippen molar-refractivity contribution in [2.75, 3.05) is 25.4 Å². The van der Waals surface area contributed by atoms with Crippen LogP contribution in [0.15, 0.2) is 0 Å². The largest absolute Gasteiger partial charge is 0.396 e. The van der Waals surface area contributed by atoms with Crippen molar-refractivity contribution in [2.45, 2.75) is 30.9 Å². The molecule has 72 valence electrons. The van der Waals surface area contributed by atoms with Gasteiger partial charge < -0.3 is 10.4 Å². The predicted molar refractivity (Wildman–Crippen MR) is 54.7 cm³/mol. The first-order chi connectivity index (χ1) is 5.93. The fraction of sp³-hybridized carbons (Fsp3) is 1.00. The molecule has 0 aromatic heterocycles. The van der Waals surface area contributed by atoms with Crippen molar-refractivity contribution in [3.05, 3.63) is 0 Å². The minimum atomic E-state index is 0.310. The van der Waals surface area contributed by atoms with Crippen LogP contribution in [-0.2, 0) is 0 Å². The molecule has 1 fully saturated rings. The van der Waals surface area contributed by atoms with E-state index in [-0.39, 0.29) is 0 Å². The summed E-state index contributed by atoms with van der Waals surface area (Å²) in [4.78, 5) is 0. The molecule has 0 radical (unpaired) electrons. The van der Waals surface area contributed by atoms with Crippen molar-refractivity contribution >= 4 is 11.8 Å². The number of hydrogen-bond acceptors (Lipinski definition) is 3. The maximum Gasteiger partial charge on any atom is 0.0443 e. The summed E-state index contributed by atoms with van der Waals surface area (Å²) in [6.45, 7) is 2.41. The average Bonchev–Trinajstić information content (AvgIpc) is 2.14. The van der Waals surface area contributed by atoms with Crippen LogP contribution in [0.4, 0.5) is 0 Å². The second kappa shape index (κ2) is 6.75. The Kier molecular flexibility index (Phi) is 5.82. The van der Waals surface area contributed by atoms with Crippen LogP contribution in [0.2, 0.25) is 0 Å². The van der Waals surface area contributed by atoms with E-state index < -0.39 is 0 Å². The van der Waals surface area contributed by atoms with Gasteiger partial charge in [0.1, 0.15) is 0 Å². The van der Waals surface area contributed by atoms with Gasteiger partial charge in [0.05, 0.1) is 0 Å². The molecule has 3 heteroatoms. The highest BCUT2D eigenvalue weighted by Gasteiger charge is 2.12. The summed E-state index contributed by atoms with van der Waals surface area (Å²) < 4.78 is 0. The molecule has 1 heterocycles. The quantitative estimate of drug-likeness (QED) is 0.638. The lowest BCUT2D eigenvalue weighted by atomic mass is 10.2. The molecule has 0 aromatic carbocycles. The van der Waals surface area contributed by atoms with Gasteiger partial charge in [-0.3, -0.25) is 0 Å². The SMILES string of the molecule is OCCCNCC1CCCCS1. The van der Waals surface area contributed by atoms with Crippen molar-refractivity contribution in [1.82, 2.24) is 5.32 Å². The smallest absolute Gasteiger partial charge is 0.0443 e. The molecule has 1 unspecified atom stereocenters. The van der Waals surface area contributed by atoms with Gasteiger partial charge in [0.15, 0.2) is 0 Å². The van der Waals surface area contributed by atoms with Gasteiger partial charge in [-0.2, -0.15) is 11.8 Å². The van der Waals surface area contributed by atoms with E-state index in [1.54, 1.807) is 0 Å². The maximum atomic E-state index is 8.56. The van der Waals surface area contributed by atoms with Gasteiger partial charge in [0.25, 0.3) is 0 Å². The summed E-state index contributed by atoms with van der Waals surface area (Å²) in [6, 6.07) is 0. The van der Waals surface area contributed by atoms with Gasteiger partial charge in [0.2, 0.25) is 0 Å². The van der Waals surface area contributed by atoms with Crippen LogP contribution < -0.4 is 5.32 Å². The van der Waals surface area contributed by atoms with E-state index in [0.717, 1.165) is 24.8 Å². The Morgan fingerprint density at radius 3 is 3.00 bits per heavy atom. The number of aliphatic hydroxyl groups excluding tert-OH is 1. The normalized spacial score (nSPS) is 24.2. The third-order valence-electron chi connectivity index (χ3n) is 2.16. The Morgan fingerprint density at radius 1 is 1.42 bits per heavy atom. The van der Waals surface area contributed by atoms with Crippen molar-refractivity contribution in [1.29, 1.82) is 0 Å². The first-order valence-corrected chi connectivity index (χ1v) is 5.91. The molecular weight excluding hydrogens is 170 g/mol. The molecule has 0 saturated carbocycles. The van der Waals surface area contributed by atoms with Crippen molar-refractivity contribution in [3.63, 3.8) is 0 Å². The van der Waals surface area contributed by atoms with E-state index >= 15 is 0 Å². The third kappa shape index (κ3) is 4.33. The number of rotatable bonds is 5. The van der Waals surface area contributed by atoms with Crippen LogP contribution >= 0.6 is 11.8 Å². The zero-order valence-electron chi connectivity index (χ0n) is 7.59. The number of thioether (sulfide) groups is 1. The van der Waals surface area contributed by atoms with Crippen LogP contribution in [0, 0.1) is 0 Å². The maximum absolute atomic E-state index is 8.56. The Hall–Kier alpha value is 0.270. The number of aliphatic hydroxyl groups is 1. The zero-order valence-corrected chi connectivity index (χ0v) is 8.41. The lowest BCUT2D eigenvalue weighted by Crippen LogP contribution is -2.27. The standard InChI is InChI=1S/C9H19NOS/c11-6-3-5-10-8-9-4-1-2-7-12-9/h9-11H,1-8H2. The van der Waals surface area contributed by atoms with E-state index in [1.165, 1.54) is 25.0 Å². The molecule has 1 saturated heterocycles. The summed E-state index contributed by atoms with van der Waals surface area (Å²) in [5.41, 5.74) is 0. The van der Waals surface area contributed by atoms with Gasteiger partial charge in [-0.05, 0) is 31.6 Å². The minimum Gasteiger partial charge on any atom is -0.396 e. The second-order valence-corrected chi connectivity index (χ2v) is 4.68. The van der Waals surface area contributed by atoms with E-state index in [1.807, 2.05) is 0 Å². The van der Waals surface area contributed by atoms with Gasteiger partial charge in [-0.15, -0.1) is 0 Å². The van der Waals surface area contributed by atoms with Gasteiger partial charge in [-0.1, -0.05) is 6.42 Å². The first-order valence-electron chi connectivity index (χ1n) is 4.86. The van der Waals surface area contributed by atoms with Crippen LogP contribution in [-0.4, -0.2) is 35.8 Å². The molecule has 1 atom stereocenters. The van der Waals surface area contributed by atoms with Crippen LogP contribution in [0.5, 0.6) is 0 Å². The highest BCUT2D eigenvalue weighted by Crippen LogP contribution is 2.24. The molecular formula is C9H19NOS. The van der Waals surface area contributed by atoms with Gasteiger partial charge in [0, 0.05) is 18.4 Å².